The summed E-state index contributed by atoms with van der Waals surface area (Å²) >= 11 is 2.99. The van der Waals surface area contributed by atoms with E-state index in [2.05, 4.69) is 42.6 Å². The van der Waals surface area contributed by atoms with Crippen LogP contribution in [-0.2, 0) is 25.1 Å². The van der Waals surface area contributed by atoms with Gasteiger partial charge < -0.3 is 35.2 Å². The van der Waals surface area contributed by atoms with E-state index in [4.69, 9.17) is 15.1 Å². The summed E-state index contributed by atoms with van der Waals surface area (Å²) in [5.41, 5.74) is -1.90. The second-order valence-corrected chi connectivity index (χ2v) is 8.78. The van der Waals surface area contributed by atoms with Crippen LogP contribution >= 0.6 is 15.9 Å². The number of quaternary nitrogens is 1. The minimum atomic E-state index is -5.04. The molecule has 1 aromatic rings. The molecule has 1 heterocycles. The van der Waals surface area contributed by atoms with Crippen LogP contribution in [0.25, 0.3) is 6.08 Å². The molecule has 0 amide bonds. The Bertz CT molecular complexity index is 931. The highest BCUT2D eigenvalue weighted by Crippen LogP contribution is 2.42. The normalized spacial score (nSPS) is 15.1. The fourth-order valence-corrected chi connectivity index (χ4v) is 2.92. The summed E-state index contributed by atoms with van der Waals surface area (Å²) in [6.07, 6.45) is -7.03. The number of nitrogens with two attached hydrogens (primary N) is 1. The summed E-state index contributed by atoms with van der Waals surface area (Å²) in [5.74, 6) is 0.555. The molecule has 17 heteroatoms. The molecule has 0 radical (unpaired) electrons. The predicted octanol–water partition coefficient (Wildman–Crippen LogP) is -0.289. The predicted molar refractivity (Wildman–Crippen MR) is 117 cm³/mol. The summed E-state index contributed by atoms with van der Waals surface area (Å²) in [6.45, 7) is 5.02. The zero-order valence-corrected chi connectivity index (χ0v) is 20.9. The highest BCUT2D eigenvalue weighted by atomic mass is 79.9. The number of fused-ring (bicyclic) bond motifs is 1. The van der Waals surface area contributed by atoms with Gasteiger partial charge in [0.2, 0.25) is 12.9 Å². The number of hydrogen-bond donors (Lipinski definition) is 8. The Balaban J connectivity index is 0.000000941. The molecule has 1 aliphatic heterocycles. The van der Waals surface area contributed by atoms with E-state index in [-0.39, 0.29) is 22.1 Å². The number of alkyl halides is 3. The maximum atomic E-state index is 13.2. The van der Waals surface area contributed by atoms with Gasteiger partial charge in [-0.2, -0.15) is 13.2 Å². The van der Waals surface area contributed by atoms with Crippen molar-refractivity contribution in [2.24, 2.45) is 5.90 Å². The number of carboxylic acid groups (broad SMARTS) is 1. The lowest BCUT2D eigenvalue weighted by atomic mass is 9.98. The molecule has 0 saturated heterocycles. The monoisotopic (exact) mass is 594 g/mol. The van der Waals surface area contributed by atoms with E-state index in [1.165, 1.54) is 6.07 Å². The highest BCUT2D eigenvalue weighted by molar-refractivity contribution is 9.10. The van der Waals surface area contributed by atoms with Crippen molar-refractivity contribution in [3.05, 3.63) is 33.3 Å². The van der Waals surface area contributed by atoms with Crippen molar-refractivity contribution < 1.29 is 68.6 Å². The van der Waals surface area contributed by atoms with E-state index < -0.39 is 53.9 Å². The molecule has 0 fully saturated rings. The number of rotatable bonds is 6. The number of aliphatic carboxylic acids is 1. The molecule has 0 saturated carbocycles. The van der Waals surface area contributed by atoms with Crippen LogP contribution in [0.1, 0.15) is 31.9 Å². The molecule has 0 aromatic heterocycles. The maximum absolute atomic E-state index is 13.2. The number of carbonyl (C=O) groups is 2. The molecule has 2 rings (SSSR count). The van der Waals surface area contributed by atoms with Gasteiger partial charge in [0.1, 0.15) is 5.75 Å². The third-order valence-corrected chi connectivity index (χ3v) is 4.29. The fourth-order valence-electron chi connectivity index (χ4n) is 2.45. The molecular weight excluding hydrogens is 567 g/mol. The van der Waals surface area contributed by atoms with E-state index in [1.807, 2.05) is 20.8 Å². The summed E-state index contributed by atoms with van der Waals surface area (Å²) in [7, 11) is 0. The van der Waals surface area contributed by atoms with Crippen LogP contribution in [0.4, 0.5) is 13.2 Å². The van der Waals surface area contributed by atoms with Crippen molar-refractivity contribution >= 4 is 33.9 Å². The smallest absolute Gasteiger partial charge is 0.430 e. The number of ether oxygens (including phenoxy) is 2. The Labute approximate surface area is 211 Å². The first-order chi connectivity index (χ1) is 16.4. The third kappa shape index (κ3) is 11.1. The third-order valence-electron chi connectivity index (χ3n) is 3.83. The van der Waals surface area contributed by atoms with Crippen LogP contribution < -0.4 is 21.8 Å². The minimum absolute atomic E-state index is 0.0312. The quantitative estimate of drug-likeness (QED) is 0.121. The van der Waals surface area contributed by atoms with E-state index >= 15 is 0 Å². The average molecular weight is 595 g/mol. The van der Waals surface area contributed by atoms with Gasteiger partial charge in [0.25, 0.3) is 0 Å². The number of nitrogens with one attached hydrogen (secondary N) is 1. The van der Waals surface area contributed by atoms with E-state index in [0.29, 0.717) is 0 Å². The van der Waals surface area contributed by atoms with Gasteiger partial charge in [-0.15, -0.1) is 0 Å². The zero-order valence-electron chi connectivity index (χ0n) is 19.3. The lowest BCUT2D eigenvalue weighted by Gasteiger charge is -2.30. The van der Waals surface area contributed by atoms with Gasteiger partial charge in [0.05, 0.1) is 17.7 Å². The number of hydrogen-bond acceptors (Lipinski definition) is 11. The van der Waals surface area contributed by atoms with E-state index in [1.54, 1.807) is 0 Å². The average Bonchev–Trinajstić information content (AvgIpc) is 2.74. The molecule has 1 unspecified atom stereocenters. The Morgan fingerprint density at radius 3 is 2.14 bits per heavy atom. The van der Waals surface area contributed by atoms with E-state index in [0.717, 1.165) is 12.1 Å². The number of carbonyl (C=O) groups excluding carboxylic acids is 1. The van der Waals surface area contributed by atoms with Gasteiger partial charge in [-0.3, -0.25) is 9.63 Å². The lowest BCUT2D eigenvalue weighted by molar-refractivity contribution is -0.670. The van der Waals surface area contributed by atoms with Gasteiger partial charge in [0, 0.05) is 15.6 Å². The van der Waals surface area contributed by atoms with Crippen molar-refractivity contribution in [2.45, 2.75) is 44.6 Å². The molecule has 1 atom stereocenters. The number of carboxylic acids is 1. The molecule has 0 aliphatic carbocycles. The standard InChI is InChI=1S/C13H11BrF3NO7.C6H13NO2.H4NO/c14-6-1-5-2-7(11(19)23-4-24-18)10(12(15,16)17)25-9(5)8(3-6)13(20,21)22;1-6(2,3)7-4-5(8)9;1-2/h1-3,10,20-22H,4,18H2;7H,4H2,1-3H3,(H,8,9);2H,1H3/q;;+1. The first-order valence-electron chi connectivity index (χ1n) is 9.60. The Kier molecular flexibility index (Phi) is 12.9. The van der Waals surface area contributed by atoms with Gasteiger partial charge >= 0.3 is 24.1 Å². The van der Waals surface area contributed by atoms with Crippen molar-refractivity contribution in [3.8, 4) is 5.75 Å². The summed E-state index contributed by atoms with van der Waals surface area (Å²) in [5, 5.41) is 45.8. The van der Waals surface area contributed by atoms with Crippen LogP contribution in [0.5, 0.6) is 5.75 Å². The molecule has 0 spiro atoms. The van der Waals surface area contributed by atoms with E-state index in [9.17, 15) is 38.1 Å². The van der Waals surface area contributed by atoms with Gasteiger partial charge in [-0.25, -0.2) is 21.8 Å². The van der Waals surface area contributed by atoms with Crippen LogP contribution in [0, 0.1) is 0 Å². The molecule has 1 aromatic carbocycles. The molecule has 0 bridgehead atoms. The highest BCUT2D eigenvalue weighted by Gasteiger charge is 2.50. The van der Waals surface area contributed by atoms with Crippen molar-refractivity contribution in [1.82, 2.24) is 5.32 Å². The topological polar surface area (TPSA) is 229 Å². The zero-order chi connectivity index (χ0) is 28.5. The molecule has 11 N–H and O–H groups in total. The molecule has 13 nitrogen and oxygen atoms in total. The first kappa shape index (κ1) is 33.7. The Morgan fingerprint density at radius 2 is 1.75 bits per heavy atom. The van der Waals surface area contributed by atoms with Crippen LogP contribution in [0.3, 0.4) is 0 Å². The summed E-state index contributed by atoms with van der Waals surface area (Å²) in [4.78, 5) is 25.8. The van der Waals surface area contributed by atoms with Gasteiger partial charge in [-0.1, -0.05) is 15.9 Å². The van der Waals surface area contributed by atoms with Crippen LogP contribution in [-0.4, -0.2) is 68.7 Å². The van der Waals surface area contributed by atoms with Crippen LogP contribution in [0.15, 0.2) is 22.2 Å². The van der Waals surface area contributed by atoms with Crippen LogP contribution in [0.2, 0.25) is 0 Å². The fraction of sp³-hybridized carbons (Fsp3) is 0.474. The molecule has 36 heavy (non-hydrogen) atoms. The maximum Gasteiger partial charge on any atom is 0.430 e. The minimum Gasteiger partial charge on any atom is -0.480 e. The Hall–Kier alpha value is -2.35. The summed E-state index contributed by atoms with van der Waals surface area (Å²) in [6, 6.07) is 2.19. The lowest BCUT2D eigenvalue weighted by Crippen LogP contribution is -2.42. The second-order valence-electron chi connectivity index (χ2n) is 7.86. The molecular formula is C19H28BrF3N3O10+. The Morgan fingerprint density at radius 1 is 1.19 bits per heavy atom. The molecule has 1 aliphatic rings. The SMILES string of the molecule is CC(C)(C)NCC(=O)O.NOCOC(=O)C1=Cc2cc(Br)cc(C(O)(O)O)c2OC1C(F)(F)F.[NH3+]O. The number of benzene rings is 1. The van der Waals surface area contributed by atoms with Crippen molar-refractivity contribution in [2.75, 3.05) is 13.3 Å². The molecule has 206 valence electrons. The second kappa shape index (κ2) is 13.8. The number of halogens is 4. The van der Waals surface area contributed by atoms with Gasteiger partial charge in [-0.05, 0) is 39.0 Å². The number of esters is 1. The van der Waals surface area contributed by atoms with Crippen molar-refractivity contribution in [1.29, 1.82) is 0 Å². The largest absolute Gasteiger partial charge is 0.480 e. The number of aliphatic hydroxyl groups is 3. The van der Waals surface area contributed by atoms with Crippen molar-refractivity contribution in [3.63, 3.8) is 0 Å². The first-order valence-corrected chi connectivity index (χ1v) is 10.4. The van der Waals surface area contributed by atoms with Gasteiger partial charge in [0.15, 0.2) is 0 Å². The summed E-state index contributed by atoms with van der Waals surface area (Å²) < 4.78 is 49.1.